The number of nitrogens with one attached hydrogen (secondary N) is 2. The number of hydrogen-bond donors (Lipinski definition) is 2. The maximum Gasteiger partial charge on any atom is 0.315 e. The lowest BCUT2D eigenvalue weighted by Crippen LogP contribution is -2.55. The summed E-state index contributed by atoms with van der Waals surface area (Å²) in [5.41, 5.74) is 0.286. The highest BCUT2D eigenvalue weighted by Gasteiger charge is 2.39. The third kappa shape index (κ3) is 2.61. The Balaban J connectivity index is 2.29. The van der Waals surface area contributed by atoms with Crippen molar-refractivity contribution in [2.75, 3.05) is 0 Å². The number of carbonyl (C=O) groups is 1. The standard InChI is InChI=1S/C10H20N2O/c1-7(2)11-9(13)12-8-5-6-10(8,3)4/h7-8H,5-6H2,1-4H3,(H2,11,12,13). The molecule has 1 atom stereocenters. The van der Waals surface area contributed by atoms with Crippen LogP contribution in [0.2, 0.25) is 0 Å². The van der Waals surface area contributed by atoms with E-state index in [0.29, 0.717) is 6.04 Å². The maximum atomic E-state index is 11.3. The van der Waals surface area contributed by atoms with Crippen molar-refractivity contribution < 1.29 is 4.79 Å². The summed E-state index contributed by atoms with van der Waals surface area (Å²) in [5, 5.41) is 5.82. The number of amides is 2. The van der Waals surface area contributed by atoms with Crippen LogP contribution in [0.4, 0.5) is 4.79 Å². The smallest absolute Gasteiger partial charge is 0.315 e. The molecule has 0 aromatic carbocycles. The number of urea groups is 1. The zero-order chi connectivity index (χ0) is 10.1. The van der Waals surface area contributed by atoms with Crippen molar-refractivity contribution >= 4 is 6.03 Å². The van der Waals surface area contributed by atoms with E-state index < -0.39 is 0 Å². The van der Waals surface area contributed by atoms with Crippen molar-refractivity contribution in [3.8, 4) is 0 Å². The molecule has 3 nitrogen and oxygen atoms in total. The molecule has 0 spiro atoms. The van der Waals surface area contributed by atoms with E-state index in [1.807, 2.05) is 13.8 Å². The van der Waals surface area contributed by atoms with Gasteiger partial charge in [0, 0.05) is 12.1 Å². The Kier molecular flexibility index (Phi) is 2.84. The monoisotopic (exact) mass is 184 g/mol. The molecule has 0 radical (unpaired) electrons. The highest BCUT2D eigenvalue weighted by atomic mass is 16.2. The van der Waals surface area contributed by atoms with Crippen LogP contribution >= 0.6 is 0 Å². The van der Waals surface area contributed by atoms with Crippen LogP contribution in [0.25, 0.3) is 0 Å². The van der Waals surface area contributed by atoms with Crippen LogP contribution in [0.1, 0.15) is 40.5 Å². The molecular weight excluding hydrogens is 164 g/mol. The SMILES string of the molecule is CC(C)NC(=O)NC1CCC1(C)C. The Bertz CT molecular complexity index is 199. The quantitative estimate of drug-likeness (QED) is 0.676. The van der Waals surface area contributed by atoms with Crippen LogP contribution in [-0.4, -0.2) is 18.1 Å². The van der Waals surface area contributed by atoms with Gasteiger partial charge in [0.25, 0.3) is 0 Å². The predicted octanol–water partition coefficient (Wildman–Crippen LogP) is 1.88. The molecule has 1 fully saturated rings. The first-order valence-corrected chi connectivity index (χ1v) is 4.99. The summed E-state index contributed by atoms with van der Waals surface area (Å²) in [7, 11) is 0. The minimum Gasteiger partial charge on any atom is -0.336 e. The zero-order valence-electron chi connectivity index (χ0n) is 8.98. The summed E-state index contributed by atoms with van der Waals surface area (Å²) >= 11 is 0. The molecule has 1 unspecified atom stereocenters. The molecule has 1 aliphatic carbocycles. The van der Waals surface area contributed by atoms with E-state index in [1.165, 1.54) is 6.42 Å². The largest absolute Gasteiger partial charge is 0.336 e. The second-order valence-electron chi connectivity index (χ2n) is 4.85. The third-order valence-electron chi connectivity index (χ3n) is 2.75. The fourth-order valence-corrected chi connectivity index (χ4v) is 1.60. The van der Waals surface area contributed by atoms with Crippen molar-refractivity contribution in [2.24, 2.45) is 5.41 Å². The molecule has 1 rings (SSSR count). The molecule has 0 aromatic rings. The van der Waals surface area contributed by atoms with Crippen molar-refractivity contribution in [2.45, 2.75) is 52.6 Å². The Morgan fingerprint density at radius 2 is 2.08 bits per heavy atom. The van der Waals surface area contributed by atoms with Gasteiger partial charge >= 0.3 is 6.03 Å². The summed E-state index contributed by atoms with van der Waals surface area (Å²) in [5.74, 6) is 0. The molecule has 0 aliphatic heterocycles. The van der Waals surface area contributed by atoms with E-state index in [9.17, 15) is 4.79 Å². The van der Waals surface area contributed by atoms with Crippen LogP contribution in [0.3, 0.4) is 0 Å². The number of hydrogen-bond acceptors (Lipinski definition) is 1. The Morgan fingerprint density at radius 1 is 1.46 bits per heavy atom. The summed E-state index contributed by atoms with van der Waals surface area (Å²) in [6.07, 6.45) is 2.32. The normalized spacial score (nSPS) is 25.2. The predicted molar refractivity (Wildman–Crippen MR) is 53.6 cm³/mol. The average Bonchev–Trinajstić information content (AvgIpc) is 1.97. The second-order valence-corrected chi connectivity index (χ2v) is 4.85. The van der Waals surface area contributed by atoms with E-state index in [0.717, 1.165) is 6.42 Å². The molecule has 0 saturated heterocycles. The van der Waals surface area contributed by atoms with E-state index in [-0.39, 0.29) is 17.5 Å². The number of rotatable bonds is 2. The molecule has 2 amide bonds. The van der Waals surface area contributed by atoms with Crippen LogP contribution in [-0.2, 0) is 0 Å². The fourth-order valence-electron chi connectivity index (χ4n) is 1.60. The van der Waals surface area contributed by atoms with Crippen LogP contribution in [0.15, 0.2) is 0 Å². The van der Waals surface area contributed by atoms with Crippen LogP contribution < -0.4 is 10.6 Å². The van der Waals surface area contributed by atoms with Gasteiger partial charge in [-0.1, -0.05) is 13.8 Å². The Morgan fingerprint density at radius 3 is 2.38 bits per heavy atom. The van der Waals surface area contributed by atoms with E-state index in [4.69, 9.17) is 0 Å². The van der Waals surface area contributed by atoms with Gasteiger partial charge in [-0.3, -0.25) is 0 Å². The highest BCUT2D eigenvalue weighted by molar-refractivity contribution is 5.74. The Hall–Kier alpha value is -0.730. The molecule has 2 N–H and O–H groups in total. The van der Waals surface area contributed by atoms with Crippen molar-refractivity contribution in [1.82, 2.24) is 10.6 Å². The zero-order valence-corrected chi connectivity index (χ0v) is 8.98. The molecule has 13 heavy (non-hydrogen) atoms. The number of carbonyl (C=O) groups excluding carboxylic acids is 1. The average molecular weight is 184 g/mol. The molecule has 0 aromatic heterocycles. The van der Waals surface area contributed by atoms with Crippen LogP contribution in [0, 0.1) is 5.41 Å². The van der Waals surface area contributed by atoms with Gasteiger partial charge in [0.05, 0.1) is 0 Å². The molecule has 0 heterocycles. The molecular formula is C10H20N2O. The van der Waals surface area contributed by atoms with Crippen molar-refractivity contribution in [3.05, 3.63) is 0 Å². The third-order valence-corrected chi connectivity index (χ3v) is 2.75. The van der Waals surface area contributed by atoms with Gasteiger partial charge in [-0.2, -0.15) is 0 Å². The molecule has 3 heteroatoms. The lowest BCUT2D eigenvalue weighted by atomic mass is 9.67. The minimum atomic E-state index is -0.0345. The molecule has 1 saturated carbocycles. The summed E-state index contributed by atoms with van der Waals surface area (Å²) in [6, 6.07) is 0.530. The topological polar surface area (TPSA) is 41.1 Å². The van der Waals surface area contributed by atoms with Crippen molar-refractivity contribution in [1.29, 1.82) is 0 Å². The van der Waals surface area contributed by atoms with Gasteiger partial charge in [0.2, 0.25) is 0 Å². The summed E-state index contributed by atoms with van der Waals surface area (Å²) < 4.78 is 0. The van der Waals surface area contributed by atoms with Crippen molar-refractivity contribution in [3.63, 3.8) is 0 Å². The van der Waals surface area contributed by atoms with Gasteiger partial charge in [-0.25, -0.2) is 4.79 Å². The molecule has 1 aliphatic rings. The molecule has 0 bridgehead atoms. The van der Waals surface area contributed by atoms with Gasteiger partial charge in [-0.05, 0) is 32.1 Å². The van der Waals surface area contributed by atoms with Gasteiger partial charge in [-0.15, -0.1) is 0 Å². The first kappa shape index (κ1) is 10.4. The lowest BCUT2D eigenvalue weighted by molar-refractivity contribution is 0.114. The maximum absolute atomic E-state index is 11.3. The van der Waals surface area contributed by atoms with Crippen LogP contribution in [0.5, 0.6) is 0 Å². The van der Waals surface area contributed by atoms with Gasteiger partial charge in [0.1, 0.15) is 0 Å². The first-order chi connectivity index (χ1) is 5.92. The Labute approximate surface area is 80.3 Å². The highest BCUT2D eigenvalue weighted by Crippen LogP contribution is 2.39. The lowest BCUT2D eigenvalue weighted by Gasteiger charge is -2.44. The summed E-state index contributed by atoms with van der Waals surface area (Å²) in [6.45, 7) is 8.31. The van der Waals surface area contributed by atoms with E-state index >= 15 is 0 Å². The van der Waals surface area contributed by atoms with E-state index in [2.05, 4.69) is 24.5 Å². The fraction of sp³-hybridized carbons (Fsp3) is 0.900. The molecule has 76 valence electrons. The first-order valence-electron chi connectivity index (χ1n) is 4.99. The van der Waals surface area contributed by atoms with E-state index in [1.54, 1.807) is 0 Å². The minimum absolute atomic E-state index is 0.0345. The summed E-state index contributed by atoms with van der Waals surface area (Å²) in [4.78, 5) is 11.3. The second kappa shape index (κ2) is 3.56. The van der Waals surface area contributed by atoms with Gasteiger partial charge in [0.15, 0.2) is 0 Å². The van der Waals surface area contributed by atoms with Gasteiger partial charge < -0.3 is 10.6 Å².